The summed E-state index contributed by atoms with van der Waals surface area (Å²) >= 11 is 0. The maximum absolute atomic E-state index is 11.9. The molecule has 0 saturated heterocycles. The third-order valence-corrected chi connectivity index (χ3v) is 4.15. The minimum absolute atomic E-state index is 0. The fourth-order valence-electron chi connectivity index (χ4n) is 1.37. The number of carbonyl (C=O) groups excluding carboxylic acids is 1. The summed E-state index contributed by atoms with van der Waals surface area (Å²) in [5, 5.41) is 5.73. The number of amides is 1. The second kappa shape index (κ2) is 8.21. The second-order valence-corrected chi connectivity index (χ2v) is 6.02. The number of benzene rings is 1. The third-order valence-electron chi connectivity index (χ3n) is 2.74. The Balaban J connectivity index is 0.00000361. The third kappa shape index (κ3) is 5.09. The molecule has 1 unspecified atom stereocenters. The largest absolute Gasteiger partial charge is 0.350 e. The Hall–Kier alpha value is -1.15. The van der Waals surface area contributed by atoms with Crippen molar-refractivity contribution in [1.29, 1.82) is 0 Å². The highest BCUT2D eigenvalue weighted by molar-refractivity contribution is 7.89. The van der Waals surface area contributed by atoms with Crippen LogP contribution in [0.25, 0.3) is 0 Å². The molecule has 0 fully saturated rings. The molecule has 20 heavy (non-hydrogen) atoms. The summed E-state index contributed by atoms with van der Waals surface area (Å²) in [6.07, 6.45) is 0. The highest BCUT2D eigenvalue weighted by atomic mass is 35.5. The van der Waals surface area contributed by atoms with Crippen molar-refractivity contribution < 1.29 is 13.2 Å². The van der Waals surface area contributed by atoms with Gasteiger partial charge in [-0.15, -0.1) is 12.4 Å². The predicted octanol–water partition coefficient (Wildman–Crippen LogP) is 0.354. The monoisotopic (exact) mass is 321 g/mol. The van der Waals surface area contributed by atoms with E-state index in [4.69, 9.17) is 0 Å². The van der Waals surface area contributed by atoms with Gasteiger partial charge >= 0.3 is 0 Å². The first-order valence-electron chi connectivity index (χ1n) is 5.89. The lowest BCUT2D eigenvalue weighted by Gasteiger charge is -2.11. The fraction of sp³-hybridized carbons (Fsp3) is 0.417. The van der Waals surface area contributed by atoms with Gasteiger partial charge in [-0.2, -0.15) is 0 Å². The van der Waals surface area contributed by atoms with Gasteiger partial charge in [0.1, 0.15) is 0 Å². The van der Waals surface area contributed by atoms with Crippen molar-refractivity contribution in [1.82, 2.24) is 15.4 Å². The van der Waals surface area contributed by atoms with E-state index in [1.54, 1.807) is 19.2 Å². The molecule has 0 aliphatic rings. The quantitative estimate of drug-likeness (QED) is 0.706. The lowest BCUT2D eigenvalue weighted by atomic mass is 10.2. The molecule has 1 rings (SSSR count). The van der Waals surface area contributed by atoms with Gasteiger partial charge in [-0.05, 0) is 39.2 Å². The lowest BCUT2D eigenvalue weighted by Crippen LogP contribution is -2.37. The molecule has 114 valence electrons. The predicted molar refractivity (Wildman–Crippen MR) is 80.8 cm³/mol. The average Bonchev–Trinajstić information content (AvgIpc) is 2.44. The summed E-state index contributed by atoms with van der Waals surface area (Å²) in [5.74, 6) is -0.296. The SMILES string of the molecule is CNC(C)CNC(=O)c1cccc(S(=O)(=O)NC)c1.Cl. The smallest absolute Gasteiger partial charge is 0.251 e. The van der Waals surface area contributed by atoms with Crippen LogP contribution >= 0.6 is 12.4 Å². The van der Waals surface area contributed by atoms with Gasteiger partial charge in [-0.25, -0.2) is 13.1 Å². The number of carbonyl (C=O) groups is 1. The Morgan fingerprint density at radius 3 is 2.50 bits per heavy atom. The van der Waals surface area contributed by atoms with Gasteiger partial charge < -0.3 is 10.6 Å². The van der Waals surface area contributed by atoms with Crippen molar-refractivity contribution in [2.24, 2.45) is 0 Å². The van der Waals surface area contributed by atoms with Crippen LogP contribution < -0.4 is 15.4 Å². The number of halogens is 1. The van der Waals surface area contributed by atoms with Gasteiger partial charge in [0.2, 0.25) is 10.0 Å². The molecule has 1 amide bonds. The Bertz CT molecular complexity index is 549. The molecule has 0 aliphatic heterocycles. The van der Waals surface area contributed by atoms with Crippen molar-refractivity contribution in [2.75, 3.05) is 20.6 Å². The summed E-state index contributed by atoms with van der Waals surface area (Å²) < 4.78 is 25.5. The van der Waals surface area contributed by atoms with Crippen LogP contribution in [0.4, 0.5) is 0 Å². The molecule has 6 nitrogen and oxygen atoms in total. The van der Waals surface area contributed by atoms with Crippen LogP contribution in [0, 0.1) is 0 Å². The number of hydrogen-bond acceptors (Lipinski definition) is 4. The van der Waals surface area contributed by atoms with E-state index in [2.05, 4.69) is 15.4 Å². The number of nitrogens with one attached hydrogen (secondary N) is 3. The number of sulfonamides is 1. The number of hydrogen-bond donors (Lipinski definition) is 3. The van der Waals surface area contributed by atoms with Gasteiger partial charge in [0.15, 0.2) is 0 Å². The van der Waals surface area contributed by atoms with Gasteiger partial charge in [0.25, 0.3) is 5.91 Å². The van der Waals surface area contributed by atoms with E-state index in [0.717, 1.165) is 0 Å². The molecule has 3 N–H and O–H groups in total. The van der Waals surface area contributed by atoms with Crippen molar-refractivity contribution in [3.63, 3.8) is 0 Å². The average molecular weight is 322 g/mol. The second-order valence-electron chi connectivity index (χ2n) is 4.14. The molecule has 1 aromatic rings. The fourth-order valence-corrected chi connectivity index (χ4v) is 2.15. The first kappa shape index (κ1) is 18.9. The van der Waals surface area contributed by atoms with E-state index in [-0.39, 0.29) is 29.3 Å². The number of rotatable bonds is 6. The molecule has 0 bridgehead atoms. The summed E-state index contributed by atoms with van der Waals surface area (Å²) in [6.45, 7) is 2.40. The molecule has 1 atom stereocenters. The molecule has 1 aromatic carbocycles. The zero-order valence-corrected chi connectivity index (χ0v) is 13.3. The summed E-state index contributed by atoms with van der Waals surface area (Å²) in [6, 6.07) is 6.06. The van der Waals surface area contributed by atoms with Crippen LogP contribution in [0.3, 0.4) is 0 Å². The summed E-state index contributed by atoms with van der Waals surface area (Å²) in [5.41, 5.74) is 0.319. The van der Waals surface area contributed by atoms with Gasteiger partial charge in [-0.3, -0.25) is 4.79 Å². The Labute approximate surface area is 125 Å². The molecule has 0 saturated carbocycles. The summed E-state index contributed by atoms with van der Waals surface area (Å²) in [7, 11) is -0.400. The maximum Gasteiger partial charge on any atom is 0.251 e. The van der Waals surface area contributed by atoms with E-state index < -0.39 is 10.0 Å². The molecule has 8 heteroatoms. The van der Waals surface area contributed by atoms with Crippen LogP contribution in [0.2, 0.25) is 0 Å². The summed E-state index contributed by atoms with van der Waals surface area (Å²) in [4.78, 5) is 12.0. The zero-order valence-electron chi connectivity index (χ0n) is 11.6. The first-order valence-corrected chi connectivity index (χ1v) is 7.38. The van der Waals surface area contributed by atoms with Crippen molar-refractivity contribution in [3.8, 4) is 0 Å². The molecule has 0 aliphatic carbocycles. The van der Waals surface area contributed by atoms with Crippen molar-refractivity contribution in [2.45, 2.75) is 17.9 Å². The molecule has 0 spiro atoms. The minimum atomic E-state index is -3.53. The van der Waals surface area contributed by atoms with Crippen LogP contribution in [-0.2, 0) is 10.0 Å². The van der Waals surface area contributed by atoms with Gasteiger partial charge in [0.05, 0.1) is 4.90 Å². The van der Waals surface area contributed by atoms with E-state index in [1.807, 2.05) is 6.92 Å². The van der Waals surface area contributed by atoms with Crippen molar-refractivity contribution in [3.05, 3.63) is 29.8 Å². The molecule has 0 radical (unpaired) electrons. The van der Waals surface area contributed by atoms with Crippen LogP contribution in [0.15, 0.2) is 29.2 Å². The van der Waals surface area contributed by atoms with E-state index >= 15 is 0 Å². The minimum Gasteiger partial charge on any atom is -0.350 e. The van der Waals surface area contributed by atoms with E-state index in [1.165, 1.54) is 19.2 Å². The molecular weight excluding hydrogens is 302 g/mol. The lowest BCUT2D eigenvalue weighted by molar-refractivity contribution is 0.0950. The zero-order chi connectivity index (χ0) is 14.5. The number of likely N-dealkylation sites (N-methyl/N-ethyl adjacent to an activating group) is 1. The van der Waals surface area contributed by atoms with Crippen LogP contribution in [0.1, 0.15) is 17.3 Å². The van der Waals surface area contributed by atoms with Crippen LogP contribution in [-0.4, -0.2) is 41.0 Å². The van der Waals surface area contributed by atoms with Gasteiger partial charge in [0, 0.05) is 18.2 Å². The first-order chi connectivity index (χ1) is 8.90. The topological polar surface area (TPSA) is 87.3 Å². The Kier molecular flexibility index (Phi) is 7.74. The molecular formula is C12H20ClN3O3S. The Morgan fingerprint density at radius 1 is 1.30 bits per heavy atom. The highest BCUT2D eigenvalue weighted by Crippen LogP contribution is 2.10. The normalized spacial score (nSPS) is 12.3. The molecule has 0 aromatic heterocycles. The van der Waals surface area contributed by atoms with E-state index in [9.17, 15) is 13.2 Å². The Morgan fingerprint density at radius 2 is 1.95 bits per heavy atom. The van der Waals surface area contributed by atoms with Gasteiger partial charge in [-0.1, -0.05) is 6.07 Å². The standard InChI is InChI=1S/C12H19N3O3S.ClH/c1-9(13-2)8-15-12(16)10-5-4-6-11(7-10)19(17,18)14-3;/h4-7,9,13-14H,8H2,1-3H3,(H,15,16);1H. The van der Waals surface area contributed by atoms with Crippen molar-refractivity contribution >= 4 is 28.3 Å². The molecule has 0 heterocycles. The van der Waals surface area contributed by atoms with E-state index in [0.29, 0.717) is 12.1 Å². The van der Waals surface area contributed by atoms with Crippen LogP contribution in [0.5, 0.6) is 0 Å². The highest BCUT2D eigenvalue weighted by Gasteiger charge is 2.14. The maximum atomic E-state index is 11.9.